The molecule has 2 N–H and O–H groups in total. The van der Waals surface area contributed by atoms with Gasteiger partial charge in [-0.1, -0.05) is 31.5 Å². The summed E-state index contributed by atoms with van der Waals surface area (Å²) >= 11 is 0. The summed E-state index contributed by atoms with van der Waals surface area (Å²) in [4.78, 5) is 11.3. The molecule has 0 fully saturated rings. The topological polar surface area (TPSA) is 52.3 Å². The third kappa shape index (κ3) is 4.17. The zero-order chi connectivity index (χ0) is 11.8. The van der Waals surface area contributed by atoms with Crippen LogP contribution >= 0.6 is 0 Å². The molecule has 0 spiro atoms. The maximum absolute atomic E-state index is 11.3. The molecule has 16 heavy (non-hydrogen) atoms. The van der Waals surface area contributed by atoms with Crippen molar-refractivity contribution in [1.82, 2.24) is 0 Å². The fourth-order valence-corrected chi connectivity index (χ4v) is 1.19. The zero-order valence-corrected chi connectivity index (χ0v) is 9.48. The molecule has 0 radical (unpaired) electrons. The first-order valence-electron chi connectivity index (χ1n) is 5.43. The van der Waals surface area contributed by atoms with E-state index in [1.807, 2.05) is 25.1 Å². The van der Waals surface area contributed by atoms with Crippen LogP contribution in [-0.4, -0.2) is 12.6 Å². The molecule has 0 saturated heterocycles. The lowest BCUT2D eigenvalue weighted by atomic mass is 10.2. The lowest BCUT2D eigenvalue weighted by molar-refractivity contribution is -0.137. The van der Waals surface area contributed by atoms with Crippen molar-refractivity contribution < 1.29 is 9.53 Å². The number of unbranched alkanes of at least 4 members (excludes halogenated alkanes) is 1. The first-order valence-corrected chi connectivity index (χ1v) is 5.43. The van der Waals surface area contributed by atoms with Crippen LogP contribution in [0.25, 0.3) is 6.08 Å². The van der Waals surface area contributed by atoms with Crippen LogP contribution < -0.4 is 5.73 Å². The van der Waals surface area contributed by atoms with Crippen LogP contribution in [-0.2, 0) is 9.53 Å². The third-order valence-corrected chi connectivity index (χ3v) is 2.14. The average molecular weight is 219 g/mol. The van der Waals surface area contributed by atoms with Crippen molar-refractivity contribution in [2.24, 2.45) is 0 Å². The average Bonchev–Trinajstić information content (AvgIpc) is 2.28. The number of nitrogen functional groups attached to an aromatic ring is 1. The summed E-state index contributed by atoms with van der Waals surface area (Å²) in [6, 6.07) is 7.37. The number of esters is 1. The second-order valence-electron chi connectivity index (χ2n) is 3.48. The highest BCUT2D eigenvalue weighted by Gasteiger charge is 1.97. The van der Waals surface area contributed by atoms with Gasteiger partial charge in [0.1, 0.15) is 0 Å². The predicted molar refractivity (Wildman–Crippen MR) is 65.8 cm³/mol. The number of rotatable bonds is 5. The second kappa shape index (κ2) is 6.67. The monoisotopic (exact) mass is 219 g/mol. The Labute approximate surface area is 95.9 Å². The Morgan fingerprint density at radius 2 is 2.19 bits per heavy atom. The Kier molecular flexibility index (Phi) is 5.12. The number of carbonyl (C=O) groups excluding carboxylic acids is 1. The molecule has 1 aromatic carbocycles. The molecule has 0 aliphatic heterocycles. The van der Waals surface area contributed by atoms with Gasteiger partial charge in [0.2, 0.25) is 0 Å². The SMILES string of the molecule is CCCCOC(=O)/C=C/c1ccccc1N. The molecule has 1 aromatic rings. The van der Waals surface area contributed by atoms with Crippen molar-refractivity contribution in [3.05, 3.63) is 35.9 Å². The summed E-state index contributed by atoms with van der Waals surface area (Å²) in [6.07, 6.45) is 4.99. The van der Waals surface area contributed by atoms with E-state index in [-0.39, 0.29) is 5.97 Å². The van der Waals surface area contributed by atoms with E-state index in [0.29, 0.717) is 12.3 Å². The molecule has 3 heteroatoms. The molecule has 86 valence electrons. The standard InChI is InChI=1S/C13H17NO2/c1-2-3-10-16-13(15)9-8-11-6-4-5-7-12(11)14/h4-9H,2-3,10,14H2,1H3/b9-8+. The molecule has 1 rings (SSSR count). The smallest absolute Gasteiger partial charge is 0.330 e. The van der Waals surface area contributed by atoms with Crippen LogP contribution in [0.4, 0.5) is 5.69 Å². The van der Waals surface area contributed by atoms with E-state index in [4.69, 9.17) is 10.5 Å². The lowest BCUT2D eigenvalue weighted by Crippen LogP contribution is -2.01. The number of carbonyl (C=O) groups is 1. The van der Waals surface area contributed by atoms with E-state index in [1.54, 1.807) is 12.1 Å². The van der Waals surface area contributed by atoms with Gasteiger partial charge in [-0.3, -0.25) is 0 Å². The minimum atomic E-state index is -0.322. The van der Waals surface area contributed by atoms with Crippen LogP contribution in [0.3, 0.4) is 0 Å². The number of hydrogen-bond donors (Lipinski definition) is 1. The third-order valence-electron chi connectivity index (χ3n) is 2.14. The van der Waals surface area contributed by atoms with Gasteiger partial charge < -0.3 is 10.5 Å². The fourth-order valence-electron chi connectivity index (χ4n) is 1.19. The molecule has 0 aromatic heterocycles. The van der Waals surface area contributed by atoms with Gasteiger partial charge in [0.15, 0.2) is 0 Å². The highest BCUT2D eigenvalue weighted by Crippen LogP contribution is 2.11. The van der Waals surface area contributed by atoms with E-state index in [2.05, 4.69) is 0 Å². The number of hydrogen-bond acceptors (Lipinski definition) is 3. The molecule has 0 amide bonds. The zero-order valence-electron chi connectivity index (χ0n) is 9.48. The fraction of sp³-hybridized carbons (Fsp3) is 0.308. The number of benzene rings is 1. The quantitative estimate of drug-likeness (QED) is 0.358. The molecule has 0 unspecified atom stereocenters. The van der Waals surface area contributed by atoms with Crippen molar-refractivity contribution in [3.63, 3.8) is 0 Å². The lowest BCUT2D eigenvalue weighted by Gasteiger charge is -2.00. The Balaban J connectivity index is 2.47. The maximum atomic E-state index is 11.3. The van der Waals surface area contributed by atoms with E-state index < -0.39 is 0 Å². The summed E-state index contributed by atoms with van der Waals surface area (Å²) in [6.45, 7) is 2.53. The highest BCUT2D eigenvalue weighted by molar-refractivity contribution is 5.88. The molecule has 3 nitrogen and oxygen atoms in total. The van der Waals surface area contributed by atoms with Crippen LogP contribution in [0.15, 0.2) is 30.3 Å². The van der Waals surface area contributed by atoms with E-state index in [9.17, 15) is 4.79 Å². The van der Waals surface area contributed by atoms with Gasteiger partial charge in [-0.15, -0.1) is 0 Å². The van der Waals surface area contributed by atoms with Crippen molar-refractivity contribution in [3.8, 4) is 0 Å². The van der Waals surface area contributed by atoms with Gasteiger partial charge in [-0.05, 0) is 24.1 Å². The van der Waals surface area contributed by atoms with Crippen molar-refractivity contribution in [2.45, 2.75) is 19.8 Å². The van der Waals surface area contributed by atoms with Gasteiger partial charge in [-0.2, -0.15) is 0 Å². The second-order valence-corrected chi connectivity index (χ2v) is 3.48. The molecule has 0 saturated carbocycles. The van der Waals surface area contributed by atoms with Crippen molar-refractivity contribution >= 4 is 17.7 Å². The molecular weight excluding hydrogens is 202 g/mol. The summed E-state index contributed by atoms with van der Waals surface area (Å²) in [7, 11) is 0. The largest absolute Gasteiger partial charge is 0.463 e. The molecule has 0 heterocycles. The van der Waals surface area contributed by atoms with Crippen LogP contribution in [0.1, 0.15) is 25.3 Å². The minimum absolute atomic E-state index is 0.322. The summed E-state index contributed by atoms with van der Waals surface area (Å²) in [5, 5.41) is 0. The predicted octanol–water partition coefficient (Wildman–Crippen LogP) is 2.63. The van der Waals surface area contributed by atoms with Gasteiger partial charge in [-0.25, -0.2) is 4.79 Å². The van der Waals surface area contributed by atoms with Gasteiger partial charge in [0.05, 0.1) is 6.61 Å². The van der Waals surface area contributed by atoms with Gasteiger partial charge >= 0.3 is 5.97 Å². The number of nitrogens with two attached hydrogens (primary N) is 1. The Morgan fingerprint density at radius 3 is 2.88 bits per heavy atom. The summed E-state index contributed by atoms with van der Waals surface area (Å²) in [5.41, 5.74) is 7.21. The number of anilines is 1. The highest BCUT2D eigenvalue weighted by atomic mass is 16.5. The summed E-state index contributed by atoms with van der Waals surface area (Å²) < 4.78 is 4.98. The number of para-hydroxylation sites is 1. The van der Waals surface area contributed by atoms with Crippen LogP contribution in [0.2, 0.25) is 0 Å². The minimum Gasteiger partial charge on any atom is -0.463 e. The molecule has 0 bridgehead atoms. The first-order chi connectivity index (χ1) is 7.74. The van der Waals surface area contributed by atoms with E-state index in [0.717, 1.165) is 18.4 Å². The first kappa shape index (κ1) is 12.3. The van der Waals surface area contributed by atoms with Crippen molar-refractivity contribution in [2.75, 3.05) is 12.3 Å². The molecule has 0 aliphatic carbocycles. The van der Waals surface area contributed by atoms with E-state index in [1.165, 1.54) is 6.08 Å². The van der Waals surface area contributed by atoms with E-state index >= 15 is 0 Å². The number of ether oxygens (including phenoxy) is 1. The Hall–Kier alpha value is -1.77. The Bertz CT molecular complexity index is 372. The van der Waals surface area contributed by atoms with Gasteiger partial charge in [0, 0.05) is 11.8 Å². The normalized spacial score (nSPS) is 10.6. The van der Waals surface area contributed by atoms with Crippen LogP contribution in [0.5, 0.6) is 0 Å². The Morgan fingerprint density at radius 1 is 1.44 bits per heavy atom. The molecular formula is C13H17NO2. The molecule has 0 atom stereocenters. The maximum Gasteiger partial charge on any atom is 0.330 e. The van der Waals surface area contributed by atoms with Crippen molar-refractivity contribution in [1.29, 1.82) is 0 Å². The molecule has 0 aliphatic rings. The van der Waals surface area contributed by atoms with Crippen LogP contribution in [0, 0.1) is 0 Å². The van der Waals surface area contributed by atoms with Gasteiger partial charge in [0.25, 0.3) is 0 Å². The summed E-state index contributed by atoms with van der Waals surface area (Å²) in [5.74, 6) is -0.322.